The number of ether oxygens (including phenoxy) is 1. The van der Waals surface area contributed by atoms with E-state index < -0.39 is 5.82 Å². The first kappa shape index (κ1) is 13.2. The molecule has 19 heavy (non-hydrogen) atoms. The Hall–Kier alpha value is -2.24. The third-order valence-corrected chi connectivity index (χ3v) is 2.86. The maximum absolute atomic E-state index is 13.2. The van der Waals surface area contributed by atoms with Crippen molar-refractivity contribution in [1.29, 1.82) is 0 Å². The summed E-state index contributed by atoms with van der Waals surface area (Å²) in [6.07, 6.45) is 0. The van der Waals surface area contributed by atoms with E-state index in [4.69, 9.17) is 4.74 Å². The van der Waals surface area contributed by atoms with Crippen LogP contribution < -0.4 is 4.74 Å². The molecule has 1 aromatic carbocycles. The minimum absolute atomic E-state index is 0.126. The summed E-state index contributed by atoms with van der Waals surface area (Å²) in [6.45, 7) is 3.35. The number of carbonyl (C=O) groups excluding carboxylic acids is 1. The molecule has 0 spiro atoms. The number of hydrogen-bond donors (Lipinski definition) is 0. The summed E-state index contributed by atoms with van der Waals surface area (Å²) in [5.41, 5.74) is 0.347. The molecule has 2 aromatic rings. The molecule has 0 saturated carbocycles. The highest BCUT2D eigenvalue weighted by Gasteiger charge is 2.12. The zero-order valence-corrected chi connectivity index (χ0v) is 11.0. The molecule has 1 aromatic heterocycles. The molecule has 0 aliphatic carbocycles. The Morgan fingerprint density at radius 2 is 2.16 bits per heavy atom. The zero-order valence-electron chi connectivity index (χ0n) is 11.0. The highest BCUT2D eigenvalue weighted by atomic mass is 19.1. The number of nitrogens with zero attached hydrogens (tertiary/aromatic N) is 3. The summed E-state index contributed by atoms with van der Waals surface area (Å²) in [6, 6.07) is 3.84. The van der Waals surface area contributed by atoms with Crippen LogP contribution >= 0.6 is 0 Å². The molecule has 0 saturated heterocycles. The van der Waals surface area contributed by atoms with Crippen molar-refractivity contribution in [2.75, 3.05) is 0 Å². The number of rotatable bonds is 4. The molecule has 0 aliphatic heterocycles. The number of hydrogen-bond acceptors (Lipinski definition) is 4. The van der Waals surface area contributed by atoms with Gasteiger partial charge in [-0.05, 0) is 26.0 Å². The molecule has 0 bridgehead atoms. The van der Waals surface area contributed by atoms with Crippen molar-refractivity contribution in [2.45, 2.75) is 20.5 Å². The summed E-state index contributed by atoms with van der Waals surface area (Å²) < 4.78 is 20.4. The second-order valence-corrected chi connectivity index (χ2v) is 4.21. The van der Waals surface area contributed by atoms with Crippen LogP contribution in [0.1, 0.15) is 28.9 Å². The quantitative estimate of drug-likeness (QED) is 0.792. The van der Waals surface area contributed by atoms with Gasteiger partial charge in [-0.3, -0.25) is 4.79 Å². The van der Waals surface area contributed by atoms with E-state index in [1.165, 1.54) is 25.1 Å². The fourth-order valence-electron chi connectivity index (χ4n) is 1.63. The zero-order chi connectivity index (χ0) is 14.0. The van der Waals surface area contributed by atoms with Gasteiger partial charge in [0.25, 0.3) is 0 Å². The molecule has 5 nitrogen and oxygen atoms in total. The number of aromatic nitrogens is 3. The number of halogens is 1. The standard InChI is InChI=1S/C13H14FN3O2/c1-8(18)11-5-4-10(14)6-12(11)19-7-13-16-15-9(2)17(13)3/h4-6H,7H2,1-3H3. The van der Waals surface area contributed by atoms with Gasteiger partial charge in [0.15, 0.2) is 11.6 Å². The van der Waals surface area contributed by atoms with Gasteiger partial charge in [-0.1, -0.05) is 0 Å². The molecule has 0 aliphatic rings. The van der Waals surface area contributed by atoms with E-state index in [2.05, 4.69) is 10.2 Å². The SMILES string of the molecule is CC(=O)c1ccc(F)cc1OCc1nnc(C)n1C. The van der Waals surface area contributed by atoms with Crippen molar-refractivity contribution in [2.24, 2.45) is 7.05 Å². The van der Waals surface area contributed by atoms with Crippen LogP contribution in [0, 0.1) is 12.7 Å². The topological polar surface area (TPSA) is 57.0 Å². The molecule has 0 unspecified atom stereocenters. The largest absolute Gasteiger partial charge is 0.485 e. The smallest absolute Gasteiger partial charge is 0.170 e. The van der Waals surface area contributed by atoms with Gasteiger partial charge in [0.2, 0.25) is 0 Å². The van der Waals surface area contributed by atoms with Crippen LogP contribution in [0.15, 0.2) is 18.2 Å². The van der Waals surface area contributed by atoms with E-state index in [0.717, 1.165) is 5.82 Å². The predicted octanol–water partition coefficient (Wildman–Crippen LogP) is 2.04. The molecular weight excluding hydrogens is 249 g/mol. The Labute approximate surface area is 110 Å². The van der Waals surface area contributed by atoms with Gasteiger partial charge < -0.3 is 9.30 Å². The van der Waals surface area contributed by atoms with Gasteiger partial charge in [0.1, 0.15) is 24.0 Å². The van der Waals surface area contributed by atoms with Crippen molar-refractivity contribution in [3.05, 3.63) is 41.2 Å². The lowest BCUT2D eigenvalue weighted by molar-refractivity contribution is 0.101. The van der Waals surface area contributed by atoms with Crippen LogP contribution in [0.5, 0.6) is 5.75 Å². The van der Waals surface area contributed by atoms with Crippen LogP contribution in [0.3, 0.4) is 0 Å². The highest BCUT2D eigenvalue weighted by Crippen LogP contribution is 2.21. The van der Waals surface area contributed by atoms with E-state index >= 15 is 0 Å². The van der Waals surface area contributed by atoms with E-state index in [0.29, 0.717) is 11.4 Å². The van der Waals surface area contributed by atoms with Crippen LogP contribution in [0.4, 0.5) is 4.39 Å². The Bertz CT molecular complexity index is 622. The third kappa shape index (κ3) is 2.78. The summed E-state index contributed by atoms with van der Waals surface area (Å²) in [5, 5.41) is 7.83. The Kier molecular flexibility index (Phi) is 3.59. The molecular formula is C13H14FN3O2. The maximum atomic E-state index is 13.2. The Morgan fingerprint density at radius 3 is 2.74 bits per heavy atom. The van der Waals surface area contributed by atoms with Crippen molar-refractivity contribution in [1.82, 2.24) is 14.8 Å². The fraction of sp³-hybridized carbons (Fsp3) is 0.308. The first-order valence-electron chi connectivity index (χ1n) is 5.77. The number of Topliss-reactive ketones (excluding diaryl/α,β-unsaturated/α-hetero) is 1. The predicted molar refractivity (Wildman–Crippen MR) is 66.5 cm³/mol. The second kappa shape index (κ2) is 5.17. The first-order chi connectivity index (χ1) is 8.99. The number of benzene rings is 1. The Balaban J connectivity index is 2.21. The lowest BCUT2D eigenvalue weighted by Gasteiger charge is -2.09. The average molecular weight is 263 g/mol. The molecule has 0 atom stereocenters. The van der Waals surface area contributed by atoms with Crippen LogP contribution in [-0.4, -0.2) is 20.5 Å². The minimum Gasteiger partial charge on any atom is -0.485 e. The lowest BCUT2D eigenvalue weighted by atomic mass is 10.1. The summed E-state index contributed by atoms with van der Waals surface area (Å²) >= 11 is 0. The molecule has 6 heteroatoms. The van der Waals surface area contributed by atoms with Crippen LogP contribution in [0.25, 0.3) is 0 Å². The van der Waals surface area contributed by atoms with Crippen molar-refractivity contribution >= 4 is 5.78 Å². The van der Waals surface area contributed by atoms with Crippen molar-refractivity contribution in [3.8, 4) is 5.75 Å². The summed E-state index contributed by atoms with van der Waals surface area (Å²) in [4.78, 5) is 11.4. The highest BCUT2D eigenvalue weighted by molar-refractivity contribution is 5.96. The van der Waals surface area contributed by atoms with E-state index in [-0.39, 0.29) is 18.1 Å². The second-order valence-electron chi connectivity index (χ2n) is 4.21. The molecule has 1 heterocycles. The Morgan fingerprint density at radius 1 is 1.42 bits per heavy atom. The number of aryl methyl sites for hydroxylation is 1. The van der Waals surface area contributed by atoms with Crippen LogP contribution in [-0.2, 0) is 13.7 Å². The molecule has 0 N–H and O–H groups in total. The third-order valence-electron chi connectivity index (χ3n) is 2.86. The van der Waals surface area contributed by atoms with Gasteiger partial charge in [0.05, 0.1) is 5.56 Å². The number of carbonyl (C=O) groups is 1. The minimum atomic E-state index is -0.450. The number of ketones is 1. The lowest BCUT2D eigenvalue weighted by Crippen LogP contribution is -2.07. The van der Waals surface area contributed by atoms with Crippen molar-refractivity contribution < 1.29 is 13.9 Å². The van der Waals surface area contributed by atoms with Gasteiger partial charge in [-0.25, -0.2) is 4.39 Å². The van der Waals surface area contributed by atoms with Crippen molar-refractivity contribution in [3.63, 3.8) is 0 Å². The van der Waals surface area contributed by atoms with E-state index in [1.54, 1.807) is 4.57 Å². The van der Waals surface area contributed by atoms with Gasteiger partial charge >= 0.3 is 0 Å². The maximum Gasteiger partial charge on any atom is 0.170 e. The molecule has 2 rings (SSSR count). The monoisotopic (exact) mass is 263 g/mol. The average Bonchev–Trinajstić information content (AvgIpc) is 2.67. The normalized spacial score (nSPS) is 10.5. The van der Waals surface area contributed by atoms with E-state index in [9.17, 15) is 9.18 Å². The molecule has 0 radical (unpaired) electrons. The summed E-state index contributed by atoms with van der Waals surface area (Å²) in [5.74, 6) is 0.951. The van der Waals surface area contributed by atoms with Crippen LogP contribution in [0.2, 0.25) is 0 Å². The van der Waals surface area contributed by atoms with E-state index in [1.807, 2.05) is 14.0 Å². The molecule has 100 valence electrons. The first-order valence-corrected chi connectivity index (χ1v) is 5.77. The van der Waals surface area contributed by atoms with Gasteiger partial charge in [-0.15, -0.1) is 10.2 Å². The summed E-state index contributed by atoms with van der Waals surface area (Å²) in [7, 11) is 1.81. The molecule has 0 fully saturated rings. The van der Waals surface area contributed by atoms with Gasteiger partial charge in [-0.2, -0.15) is 0 Å². The van der Waals surface area contributed by atoms with Gasteiger partial charge in [0, 0.05) is 13.1 Å². The molecule has 0 amide bonds. The fourth-order valence-corrected chi connectivity index (χ4v) is 1.63.